The Morgan fingerprint density at radius 2 is 2.24 bits per heavy atom. The van der Waals surface area contributed by atoms with E-state index in [0.29, 0.717) is 5.56 Å². The predicted octanol–water partition coefficient (Wildman–Crippen LogP) is 1.17. The Morgan fingerprint density at radius 3 is 2.88 bits per heavy atom. The van der Waals surface area contributed by atoms with Gasteiger partial charge >= 0.3 is 5.97 Å². The molecule has 90 valence electrons. The van der Waals surface area contributed by atoms with Gasteiger partial charge in [-0.1, -0.05) is 35.5 Å². The molecule has 1 N–H and O–H groups in total. The normalized spacial score (nSPS) is 22.8. The number of esters is 1. The van der Waals surface area contributed by atoms with Crippen molar-refractivity contribution in [1.82, 2.24) is 0 Å². The zero-order chi connectivity index (χ0) is 12.3. The second-order valence-corrected chi connectivity index (χ2v) is 3.68. The Morgan fingerprint density at radius 1 is 1.53 bits per heavy atom. The van der Waals surface area contributed by atoms with Crippen molar-refractivity contribution in [2.45, 2.75) is 19.1 Å². The van der Waals surface area contributed by atoms with E-state index in [-0.39, 0.29) is 18.7 Å². The van der Waals surface area contributed by atoms with Crippen molar-refractivity contribution < 1.29 is 19.5 Å². The first kappa shape index (κ1) is 11.6. The summed E-state index contributed by atoms with van der Waals surface area (Å²) >= 11 is 0. The molecule has 0 fully saturated rings. The van der Waals surface area contributed by atoms with Crippen LogP contribution < -0.4 is 0 Å². The van der Waals surface area contributed by atoms with Gasteiger partial charge in [0.15, 0.2) is 5.71 Å². The summed E-state index contributed by atoms with van der Waals surface area (Å²) in [6.07, 6.45) is -0.00412. The van der Waals surface area contributed by atoms with Gasteiger partial charge in [0.2, 0.25) is 0 Å². The number of aliphatic hydroxyl groups is 1. The van der Waals surface area contributed by atoms with Crippen molar-refractivity contribution in [2.75, 3.05) is 6.61 Å². The van der Waals surface area contributed by atoms with Gasteiger partial charge in [0.25, 0.3) is 5.79 Å². The number of hydrogen-bond donors (Lipinski definition) is 1. The standard InChI is InChI=1S/C12H13NO4/c1-2-16-11(14)10-8-12(15,17-13-10)9-6-4-3-5-7-9/h3-7,15H,2,8H2,1H3. The molecule has 5 nitrogen and oxygen atoms in total. The van der Waals surface area contributed by atoms with Crippen LogP contribution >= 0.6 is 0 Å². The average Bonchev–Trinajstić information content (AvgIpc) is 2.75. The highest BCUT2D eigenvalue weighted by Gasteiger charge is 2.41. The summed E-state index contributed by atoms with van der Waals surface area (Å²) in [5, 5.41) is 13.8. The van der Waals surface area contributed by atoms with Gasteiger partial charge < -0.3 is 14.7 Å². The molecule has 1 aliphatic rings. The minimum absolute atomic E-state index is 0.00412. The van der Waals surface area contributed by atoms with Crippen molar-refractivity contribution in [2.24, 2.45) is 5.16 Å². The van der Waals surface area contributed by atoms with Crippen LogP contribution in [0.25, 0.3) is 0 Å². The molecule has 0 radical (unpaired) electrons. The first-order valence-corrected chi connectivity index (χ1v) is 5.36. The first-order valence-electron chi connectivity index (χ1n) is 5.36. The molecule has 5 heteroatoms. The monoisotopic (exact) mass is 235 g/mol. The molecule has 0 saturated carbocycles. The van der Waals surface area contributed by atoms with E-state index < -0.39 is 11.8 Å². The number of ether oxygens (including phenoxy) is 1. The minimum Gasteiger partial charge on any atom is -0.461 e. The lowest BCUT2D eigenvalue weighted by atomic mass is 10.0. The minimum atomic E-state index is -1.57. The van der Waals surface area contributed by atoms with Crippen molar-refractivity contribution in [1.29, 1.82) is 0 Å². The van der Waals surface area contributed by atoms with Gasteiger partial charge in [0.05, 0.1) is 13.0 Å². The van der Waals surface area contributed by atoms with Gasteiger partial charge in [-0.3, -0.25) is 0 Å². The molecular weight excluding hydrogens is 222 g/mol. The largest absolute Gasteiger partial charge is 0.461 e. The van der Waals surface area contributed by atoms with Gasteiger partial charge in [-0.25, -0.2) is 4.79 Å². The second-order valence-electron chi connectivity index (χ2n) is 3.68. The van der Waals surface area contributed by atoms with E-state index in [9.17, 15) is 9.90 Å². The van der Waals surface area contributed by atoms with E-state index in [1.54, 1.807) is 31.2 Å². The van der Waals surface area contributed by atoms with Crippen LogP contribution in [-0.2, 0) is 20.2 Å². The molecule has 2 rings (SSSR count). The average molecular weight is 235 g/mol. The lowest BCUT2D eigenvalue weighted by Crippen LogP contribution is -2.27. The lowest BCUT2D eigenvalue weighted by Gasteiger charge is -2.19. The molecular formula is C12H13NO4. The van der Waals surface area contributed by atoms with Crippen molar-refractivity contribution >= 4 is 11.7 Å². The third-order valence-electron chi connectivity index (χ3n) is 2.45. The SMILES string of the molecule is CCOC(=O)C1=NOC(O)(c2ccccc2)C1. The Bertz CT molecular complexity index is 443. The van der Waals surface area contributed by atoms with Crippen LogP contribution in [0.5, 0.6) is 0 Å². The second kappa shape index (κ2) is 4.55. The fourth-order valence-corrected chi connectivity index (χ4v) is 1.60. The van der Waals surface area contributed by atoms with E-state index in [4.69, 9.17) is 9.57 Å². The maximum Gasteiger partial charge on any atom is 0.356 e. The fraction of sp³-hybridized carbons (Fsp3) is 0.333. The molecule has 0 aromatic heterocycles. The highest BCUT2D eigenvalue weighted by Crippen LogP contribution is 2.32. The number of oxime groups is 1. The van der Waals surface area contributed by atoms with Gasteiger partial charge in [0.1, 0.15) is 0 Å². The van der Waals surface area contributed by atoms with Crippen LogP contribution in [0.3, 0.4) is 0 Å². The summed E-state index contributed by atoms with van der Waals surface area (Å²) in [4.78, 5) is 16.4. The zero-order valence-electron chi connectivity index (χ0n) is 9.42. The van der Waals surface area contributed by atoms with Crippen molar-refractivity contribution in [3.05, 3.63) is 35.9 Å². The molecule has 17 heavy (non-hydrogen) atoms. The number of hydrogen-bond acceptors (Lipinski definition) is 5. The van der Waals surface area contributed by atoms with E-state index in [1.165, 1.54) is 0 Å². The summed E-state index contributed by atoms with van der Waals surface area (Å²) in [5.74, 6) is -2.12. The fourth-order valence-electron chi connectivity index (χ4n) is 1.60. The smallest absolute Gasteiger partial charge is 0.356 e. The third kappa shape index (κ3) is 2.29. The number of benzene rings is 1. The summed E-state index contributed by atoms with van der Waals surface area (Å²) in [5.41, 5.74) is 0.654. The molecule has 0 aliphatic carbocycles. The topological polar surface area (TPSA) is 68.1 Å². The molecule has 1 heterocycles. The van der Waals surface area contributed by atoms with E-state index in [0.717, 1.165) is 0 Å². The molecule has 0 saturated heterocycles. The van der Waals surface area contributed by atoms with Crippen LogP contribution in [0.4, 0.5) is 0 Å². The molecule has 1 atom stereocenters. The Kier molecular flexibility index (Phi) is 3.10. The highest BCUT2D eigenvalue weighted by molar-refractivity contribution is 6.36. The molecule has 1 aromatic rings. The summed E-state index contributed by atoms with van der Waals surface area (Å²) in [6, 6.07) is 8.81. The highest BCUT2D eigenvalue weighted by atomic mass is 16.7. The van der Waals surface area contributed by atoms with E-state index >= 15 is 0 Å². The van der Waals surface area contributed by atoms with Gasteiger partial charge in [-0.05, 0) is 6.92 Å². The number of nitrogens with zero attached hydrogens (tertiary/aromatic N) is 1. The van der Waals surface area contributed by atoms with Crippen molar-refractivity contribution in [3.63, 3.8) is 0 Å². The summed E-state index contributed by atoms with van der Waals surface area (Å²) in [7, 11) is 0. The van der Waals surface area contributed by atoms with Gasteiger partial charge in [-0.15, -0.1) is 0 Å². The zero-order valence-corrected chi connectivity index (χ0v) is 9.42. The first-order chi connectivity index (χ1) is 8.15. The Labute approximate surface area is 98.6 Å². The van der Waals surface area contributed by atoms with Gasteiger partial charge in [-0.2, -0.15) is 0 Å². The van der Waals surface area contributed by atoms with Gasteiger partial charge in [0, 0.05) is 5.56 Å². The number of carbonyl (C=O) groups is 1. The lowest BCUT2D eigenvalue weighted by molar-refractivity contribution is -0.193. The molecule has 1 aliphatic heterocycles. The van der Waals surface area contributed by atoms with E-state index in [2.05, 4.69) is 5.16 Å². The molecule has 0 spiro atoms. The quantitative estimate of drug-likeness (QED) is 0.798. The predicted molar refractivity (Wildman–Crippen MR) is 60.1 cm³/mol. The van der Waals surface area contributed by atoms with Crippen LogP contribution in [-0.4, -0.2) is 23.4 Å². The maximum absolute atomic E-state index is 11.4. The van der Waals surface area contributed by atoms with Crippen molar-refractivity contribution in [3.8, 4) is 0 Å². The Balaban J connectivity index is 2.11. The van der Waals surface area contributed by atoms with Crippen LogP contribution in [0.1, 0.15) is 18.9 Å². The third-order valence-corrected chi connectivity index (χ3v) is 2.45. The molecule has 0 amide bonds. The van der Waals surface area contributed by atoms with Crippen LogP contribution in [0.2, 0.25) is 0 Å². The van der Waals surface area contributed by atoms with Crippen LogP contribution in [0.15, 0.2) is 35.5 Å². The maximum atomic E-state index is 11.4. The van der Waals surface area contributed by atoms with E-state index in [1.807, 2.05) is 6.07 Å². The molecule has 1 aromatic carbocycles. The summed E-state index contributed by atoms with van der Waals surface area (Å²) in [6.45, 7) is 1.97. The summed E-state index contributed by atoms with van der Waals surface area (Å²) < 4.78 is 4.79. The molecule has 0 bridgehead atoms. The van der Waals surface area contributed by atoms with Crippen LogP contribution in [0, 0.1) is 0 Å². The number of carbonyl (C=O) groups excluding carboxylic acids is 1. The Hall–Kier alpha value is -1.88. The number of rotatable bonds is 3. The molecule has 1 unspecified atom stereocenters.